The van der Waals surface area contributed by atoms with Crippen LogP contribution in [0.1, 0.15) is 1.43 Å². The molecule has 0 aromatic rings. The number of carboxylic acids is 1. The maximum Gasteiger partial charge on any atom is 1.00 e. The van der Waals surface area contributed by atoms with Crippen LogP contribution in [0.2, 0.25) is 0 Å². The zero-order chi connectivity index (χ0) is 4.99. The summed E-state index contributed by atoms with van der Waals surface area (Å²) < 4.78 is 0. The van der Waals surface area contributed by atoms with Crippen molar-refractivity contribution in [2.45, 2.75) is 0 Å². The third kappa shape index (κ3) is 11.0. The average Bonchev–Trinajstić information content (AvgIpc) is 1.35. The van der Waals surface area contributed by atoms with E-state index in [0.29, 0.717) is 0 Å². The number of aliphatic carboxylic acids is 1. The second kappa shape index (κ2) is 7.07. The van der Waals surface area contributed by atoms with Crippen molar-refractivity contribution in [2.24, 2.45) is 0 Å². The van der Waals surface area contributed by atoms with Crippen molar-refractivity contribution in [2.75, 3.05) is 13.6 Å². The van der Waals surface area contributed by atoms with Crippen molar-refractivity contribution in [1.82, 2.24) is 5.32 Å². The fourth-order valence-corrected chi connectivity index (χ4v) is 0.151. The first kappa shape index (κ1) is 10.9. The summed E-state index contributed by atoms with van der Waals surface area (Å²) >= 11 is 0. The van der Waals surface area contributed by atoms with Crippen LogP contribution in [-0.2, 0) is 4.79 Å². The van der Waals surface area contributed by atoms with Crippen LogP contribution in [-0.4, -0.2) is 24.7 Å². The molecule has 0 fully saturated rings. The van der Waals surface area contributed by atoms with Gasteiger partial charge in [-0.1, -0.05) is 0 Å². The van der Waals surface area contributed by atoms with Gasteiger partial charge in [0.2, 0.25) is 0 Å². The first-order valence-electron chi connectivity index (χ1n) is 1.63. The fraction of sp³-hybridized carbons (Fsp3) is 0.667. The summed E-state index contributed by atoms with van der Waals surface area (Å²) in [6.07, 6.45) is 0. The van der Waals surface area contributed by atoms with Gasteiger partial charge in [0.25, 0.3) is 0 Å². The molecule has 0 bridgehead atoms. The number of nitrogens with one attached hydrogen (secondary N) is 1. The minimum atomic E-state index is -0.822. The van der Waals surface area contributed by atoms with Crippen LogP contribution in [0.4, 0.5) is 0 Å². The predicted octanol–water partition coefficient (Wildman–Crippen LogP) is -3.59. The predicted molar refractivity (Wildman–Crippen MR) is 22.7 cm³/mol. The Morgan fingerprint density at radius 2 is 2.43 bits per heavy atom. The largest absolute Gasteiger partial charge is 1.00 e. The molecule has 0 aromatic heterocycles. The first-order chi connectivity index (χ1) is 2.77. The average molecular weight is 129 g/mol. The van der Waals surface area contributed by atoms with E-state index in [2.05, 4.69) is 5.32 Å². The normalized spacial score (nSPS) is 7.00. The zero-order valence-electron chi connectivity index (χ0n) is 5.56. The Balaban J connectivity index is -0.000000125. The summed E-state index contributed by atoms with van der Waals surface area (Å²) in [5, 5.41) is 10.3. The number of carbonyl (C=O) groups is 1. The smallest absolute Gasteiger partial charge is 1.00 e. The van der Waals surface area contributed by atoms with Crippen molar-refractivity contribution in [1.29, 1.82) is 0 Å². The van der Waals surface area contributed by atoms with E-state index in [-0.39, 0.29) is 59.4 Å². The minimum Gasteiger partial charge on any atom is -1.00 e. The molecule has 0 aliphatic rings. The van der Waals surface area contributed by atoms with Crippen LogP contribution < -0.4 is 56.7 Å². The van der Waals surface area contributed by atoms with Gasteiger partial charge in [0, 0.05) is 0 Å². The third-order valence-electron chi connectivity index (χ3n) is 0.328. The van der Waals surface area contributed by atoms with Gasteiger partial charge in [0.05, 0.1) is 6.54 Å². The molecule has 2 N–H and O–H groups in total. The van der Waals surface area contributed by atoms with Crippen LogP contribution in [0.15, 0.2) is 0 Å². The summed E-state index contributed by atoms with van der Waals surface area (Å²) in [5.74, 6) is -0.822. The van der Waals surface area contributed by atoms with Gasteiger partial charge in [-0.3, -0.25) is 4.79 Å². The van der Waals surface area contributed by atoms with Gasteiger partial charge in [-0.15, -0.1) is 0 Å². The Hall–Kier alpha value is 1.07. The molecular weight excluding hydrogens is 121 g/mol. The first-order valence-corrected chi connectivity index (χ1v) is 1.63. The molecule has 0 atom stereocenters. The number of carboxylic acid groups (broad SMARTS) is 1. The van der Waals surface area contributed by atoms with E-state index >= 15 is 0 Å². The van der Waals surface area contributed by atoms with Crippen molar-refractivity contribution >= 4 is 5.97 Å². The summed E-state index contributed by atoms with van der Waals surface area (Å²) in [6, 6.07) is 0. The Bertz CT molecular complexity index is 61.2. The van der Waals surface area contributed by atoms with Crippen LogP contribution in [0, 0.1) is 0 Å². The molecule has 0 saturated heterocycles. The van der Waals surface area contributed by atoms with Crippen LogP contribution in [0.25, 0.3) is 0 Å². The van der Waals surface area contributed by atoms with Gasteiger partial charge in [-0.05, 0) is 7.05 Å². The van der Waals surface area contributed by atoms with E-state index in [1.165, 1.54) is 0 Å². The molecular formula is C3H8KNO2. The Morgan fingerprint density at radius 3 is 2.43 bits per heavy atom. The maximum absolute atomic E-state index is 9.54. The minimum absolute atomic E-state index is 0. The van der Waals surface area contributed by atoms with Crippen molar-refractivity contribution in [3.63, 3.8) is 0 Å². The summed E-state index contributed by atoms with van der Waals surface area (Å²) in [5.41, 5.74) is 0. The number of likely N-dealkylation sites (N-methyl/N-ethyl adjacent to an activating group) is 1. The van der Waals surface area contributed by atoms with Crippen LogP contribution in [0.5, 0.6) is 0 Å². The Kier molecular flexibility index (Phi) is 11.0. The van der Waals surface area contributed by atoms with Crippen LogP contribution in [0.3, 0.4) is 0 Å². The van der Waals surface area contributed by atoms with E-state index < -0.39 is 5.97 Å². The molecule has 0 heterocycles. The van der Waals surface area contributed by atoms with Gasteiger partial charge in [-0.25, -0.2) is 0 Å². The SMILES string of the molecule is CNCC(=O)O.[H-].[K+]. The fourth-order valence-electron chi connectivity index (χ4n) is 0.151. The summed E-state index contributed by atoms with van der Waals surface area (Å²) in [4.78, 5) is 9.54. The molecule has 0 rings (SSSR count). The van der Waals surface area contributed by atoms with E-state index in [9.17, 15) is 4.79 Å². The van der Waals surface area contributed by atoms with Crippen molar-refractivity contribution in [3.8, 4) is 0 Å². The number of hydrogen-bond acceptors (Lipinski definition) is 2. The molecule has 0 saturated carbocycles. The molecule has 0 unspecified atom stereocenters. The monoisotopic (exact) mass is 129 g/mol. The van der Waals surface area contributed by atoms with Gasteiger partial charge < -0.3 is 11.8 Å². The van der Waals surface area contributed by atoms with Gasteiger partial charge in [-0.2, -0.15) is 0 Å². The van der Waals surface area contributed by atoms with E-state index in [0.717, 1.165) is 0 Å². The Morgan fingerprint density at radius 1 is 2.00 bits per heavy atom. The third-order valence-corrected chi connectivity index (χ3v) is 0.328. The molecule has 0 aromatic carbocycles. The van der Waals surface area contributed by atoms with Crippen LogP contribution >= 0.6 is 0 Å². The summed E-state index contributed by atoms with van der Waals surface area (Å²) in [6.45, 7) is 0.0417. The standard InChI is InChI=1S/C3H7NO2.K.H/c1-4-2-3(5)6;;/h4H,2H2,1H3,(H,5,6);;/q;+1;-1. The van der Waals surface area contributed by atoms with Gasteiger partial charge >= 0.3 is 57.4 Å². The van der Waals surface area contributed by atoms with Crippen molar-refractivity contribution < 1.29 is 62.7 Å². The zero-order valence-corrected chi connectivity index (χ0v) is 7.69. The molecule has 4 heteroatoms. The number of hydrogen-bond donors (Lipinski definition) is 2. The van der Waals surface area contributed by atoms with Gasteiger partial charge in [0.15, 0.2) is 0 Å². The molecule has 7 heavy (non-hydrogen) atoms. The number of rotatable bonds is 2. The van der Waals surface area contributed by atoms with E-state index in [4.69, 9.17) is 5.11 Å². The summed E-state index contributed by atoms with van der Waals surface area (Å²) in [7, 11) is 1.59. The molecule has 0 aliphatic heterocycles. The molecule has 0 spiro atoms. The Labute approximate surface area is 86.4 Å². The van der Waals surface area contributed by atoms with Crippen molar-refractivity contribution in [3.05, 3.63) is 0 Å². The van der Waals surface area contributed by atoms with E-state index in [1.54, 1.807) is 7.05 Å². The van der Waals surface area contributed by atoms with E-state index in [1.807, 2.05) is 0 Å². The maximum atomic E-state index is 9.54. The molecule has 38 valence electrons. The molecule has 0 radical (unpaired) electrons. The topological polar surface area (TPSA) is 49.3 Å². The second-order valence-corrected chi connectivity index (χ2v) is 0.924. The molecule has 0 amide bonds. The molecule has 3 nitrogen and oxygen atoms in total. The quantitative estimate of drug-likeness (QED) is 0.379. The molecule has 0 aliphatic carbocycles. The second-order valence-electron chi connectivity index (χ2n) is 0.924. The van der Waals surface area contributed by atoms with Gasteiger partial charge in [0.1, 0.15) is 0 Å².